The van der Waals surface area contributed by atoms with Gasteiger partial charge in [0.25, 0.3) is 0 Å². The molecule has 8 heteroatoms. The second-order valence-corrected chi connectivity index (χ2v) is 6.04. The zero-order chi connectivity index (χ0) is 16.9. The Morgan fingerprint density at radius 3 is 2.83 bits per heavy atom. The zero-order valence-electron chi connectivity index (χ0n) is 12.7. The van der Waals surface area contributed by atoms with Gasteiger partial charge >= 0.3 is 12.2 Å². The molecule has 2 fully saturated rings. The number of piperazine rings is 1. The van der Waals surface area contributed by atoms with Gasteiger partial charge in [0.1, 0.15) is 0 Å². The first-order chi connectivity index (χ1) is 11.4. The minimum atomic E-state index is -4.38. The van der Waals surface area contributed by atoms with E-state index >= 15 is 0 Å². The molecular formula is C16H15F3N4O. The molecule has 0 radical (unpaired) electrons. The van der Waals surface area contributed by atoms with Gasteiger partial charge in [-0.2, -0.15) is 13.2 Å². The maximum absolute atomic E-state index is 12.9. The molecule has 3 heterocycles. The number of carbonyl (C=O) groups is 1. The lowest BCUT2D eigenvalue weighted by molar-refractivity contribution is -0.137. The summed E-state index contributed by atoms with van der Waals surface area (Å²) in [5.74, 6) is 0. The number of pyridine rings is 1. The van der Waals surface area contributed by atoms with E-state index in [0.29, 0.717) is 37.1 Å². The van der Waals surface area contributed by atoms with Gasteiger partial charge in [-0.25, -0.2) is 4.79 Å². The van der Waals surface area contributed by atoms with Gasteiger partial charge in [0, 0.05) is 43.4 Å². The van der Waals surface area contributed by atoms with E-state index in [1.807, 2.05) is 11.0 Å². The number of rotatable bonds is 1. The molecule has 1 atom stereocenters. The Morgan fingerprint density at radius 2 is 2.04 bits per heavy atom. The summed E-state index contributed by atoms with van der Waals surface area (Å²) in [4.78, 5) is 19.7. The summed E-state index contributed by atoms with van der Waals surface area (Å²) in [6.07, 6.45) is -2.85. The number of carbonyl (C=O) groups excluding carboxylic acids is 1. The predicted molar refractivity (Wildman–Crippen MR) is 82.9 cm³/mol. The van der Waals surface area contributed by atoms with Crippen LogP contribution in [-0.2, 0) is 6.18 Å². The lowest BCUT2D eigenvalue weighted by atomic mass is 10.1. The van der Waals surface area contributed by atoms with Gasteiger partial charge in [0.05, 0.1) is 17.1 Å². The first-order valence-electron chi connectivity index (χ1n) is 7.69. The standard InChI is InChI=1S/C16H15F3N4O/c17-16(18,19)10-1-2-12-13(7-10)20-4-3-14(12)22-5-6-23-11(9-22)8-21-15(23)24/h1-4,7,11H,5-6,8-9H2,(H,21,24). The van der Waals surface area contributed by atoms with Gasteiger partial charge in [-0.15, -0.1) is 0 Å². The highest BCUT2D eigenvalue weighted by molar-refractivity contribution is 5.92. The van der Waals surface area contributed by atoms with Gasteiger partial charge in [-0.3, -0.25) is 4.98 Å². The molecule has 1 unspecified atom stereocenters. The molecule has 0 bridgehead atoms. The molecule has 2 aliphatic heterocycles. The Labute approximate surface area is 136 Å². The van der Waals surface area contributed by atoms with E-state index in [9.17, 15) is 18.0 Å². The Balaban J connectivity index is 1.69. The topological polar surface area (TPSA) is 48.5 Å². The number of alkyl halides is 3. The van der Waals surface area contributed by atoms with Crippen LogP contribution in [0.2, 0.25) is 0 Å². The van der Waals surface area contributed by atoms with Crippen molar-refractivity contribution in [1.82, 2.24) is 15.2 Å². The largest absolute Gasteiger partial charge is 0.416 e. The number of nitrogens with zero attached hydrogens (tertiary/aromatic N) is 3. The van der Waals surface area contributed by atoms with Crippen LogP contribution in [0.15, 0.2) is 30.5 Å². The monoisotopic (exact) mass is 336 g/mol. The molecule has 24 heavy (non-hydrogen) atoms. The summed E-state index contributed by atoms with van der Waals surface area (Å²) in [6.45, 7) is 2.49. The quantitative estimate of drug-likeness (QED) is 0.870. The molecule has 126 valence electrons. The maximum Gasteiger partial charge on any atom is 0.416 e. The third kappa shape index (κ3) is 2.42. The second-order valence-electron chi connectivity index (χ2n) is 6.04. The van der Waals surface area contributed by atoms with E-state index in [4.69, 9.17) is 0 Å². The number of anilines is 1. The Kier molecular flexibility index (Phi) is 3.29. The normalized spacial score (nSPS) is 21.1. The summed E-state index contributed by atoms with van der Waals surface area (Å²) in [5.41, 5.74) is 0.480. The number of fused-ring (bicyclic) bond motifs is 2. The highest BCUT2D eigenvalue weighted by Crippen LogP contribution is 2.34. The molecule has 1 N–H and O–H groups in total. The summed E-state index contributed by atoms with van der Waals surface area (Å²) >= 11 is 0. The zero-order valence-corrected chi connectivity index (χ0v) is 12.7. The Bertz CT molecular complexity index is 807. The van der Waals surface area contributed by atoms with E-state index < -0.39 is 11.7 Å². The van der Waals surface area contributed by atoms with Crippen LogP contribution in [0.3, 0.4) is 0 Å². The van der Waals surface area contributed by atoms with Gasteiger partial charge in [0.15, 0.2) is 0 Å². The van der Waals surface area contributed by atoms with E-state index in [1.165, 1.54) is 12.3 Å². The molecule has 1 aromatic heterocycles. The van der Waals surface area contributed by atoms with E-state index in [2.05, 4.69) is 15.2 Å². The van der Waals surface area contributed by atoms with Crippen molar-refractivity contribution in [3.63, 3.8) is 0 Å². The van der Waals surface area contributed by atoms with Crippen molar-refractivity contribution in [2.24, 2.45) is 0 Å². The smallest absolute Gasteiger partial charge is 0.367 e. The van der Waals surface area contributed by atoms with Gasteiger partial charge in [-0.1, -0.05) is 6.07 Å². The highest BCUT2D eigenvalue weighted by Gasteiger charge is 2.36. The van der Waals surface area contributed by atoms with Crippen LogP contribution < -0.4 is 10.2 Å². The molecule has 0 aliphatic carbocycles. The van der Waals surface area contributed by atoms with Crippen molar-refractivity contribution in [2.45, 2.75) is 12.2 Å². The molecule has 2 aliphatic rings. The van der Waals surface area contributed by atoms with Crippen LogP contribution in [0.1, 0.15) is 5.56 Å². The summed E-state index contributed by atoms with van der Waals surface area (Å²) in [6, 6.07) is 5.50. The Morgan fingerprint density at radius 1 is 1.21 bits per heavy atom. The number of urea groups is 1. The molecule has 2 saturated heterocycles. The molecule has 4 rings (SSSR count). The molecule has 5 nitrogen and oxygen atoms in total. The van der Waals surface area contributed by atoms with Crippen molar-refractivity contribution in [3.8, 4) is 0 Å². The van der Waals surface area contributed by atoms with Crippen LogP contribution in [0, 0.1) is 0 Å². The summed E-state index contributed by atoms with van der Waals surface area (Å²) < 4.78 is 38.6. The van der Waals surface area contributed by atoms with E-state index in [0.717, 1.165) is 17.8 Å². The number of nitrogens with one attached hydrogen (secondary N) is 1. The number of amides is 2. The van der Waals surface area contributed by atoms with Gasteiger partial charge < -0.3 is 15.1 Å². The predicted octanol–water partition coefficient (Wildman–Crippen LogP) is 2.47. The maximum atomic E-state index is 12.9. The van der Waals surface area contributed by atoms with Crippen molar-refractivity contribution in [3.05, 3.63) is 36.0 Å². The number of halogens is 3. The first-order valence-corrected chi connectivity index (χ1v) is 7.69. The fourth-order valence-corrected chi connectivity index (χ4v) is 3.41. The van der Waals surface area contributed by atoms with Crippen LogP contribution in [0.5, 0.6) is 0 Å². The number of hydrogen-bond acceptors (Lipinski definition) is 3. The number of aromatic nitrogens is 1. The van der Waals surface area contributed by atoms with Crippen LogP contribution in [0.25, 0.3) is 10.9 Å². The summed E-state index contributed by atoms with van der Waals surface area (Å²) in [7, 11) is 0. The average Bonchev–Trinajstić information content (AvgIpc) is 2.93. The lowest BCUT2D eigenvalue weighted by Gasteiger charge is -2.38. The van der Waals surface area contributed by atoms with Crippen molar-refractivity contribution in [2.75, 3.05) is 31.1 Å². The number of hydrogen-bond donors (Lipinski definition) is 1. The SMILES string of the molecule is O=C1NCC2CN(c3ccnc4cc(C(F)(F)F)ccc34)CCN12. The minimum absolute atomic E-state index is 0.0472. The van der Waals surface area contributed by atoms with Crippen LogP contribution in [-0.4, -0.2) is 48.1 Å². The summed E-state index contributed by atoms with van der Waals surface area (Å²) in [5, 5.41) is 3.51. The lowest BCUT2D eigenvalue weighted by Crippen LogP contribution is -2.52. The molecular weight excluding hydrogens is 321 g/mol. The van der Waals surface area contributed by atoms with Crippen molar-refractivity contribution in [1.29, 1.82) is 0 Å². The second kappa shape index (κ2) is 5.25. The van der Waals surface area contributed by atoms with Crippen molar-refractivity contribution < 1.29 is 18.0 Å². The highest BCUT2D eigenvalue weighted by atomic mass is 19.4. The average molecular weight is 336 g/mol. The van der Waals surface area contributed by atoms with Crippen molar-refractivity contribution >= 4 is 22.6 Å². The third-order valence-electron chi connectivity index (χ3n) is 4.62. The third-order valence-corrected chi connectivity index (χ3v) is 4.62. The molecule has 0 saturated carbocycles. The van der Waals surface area contributed by atoms with Crippen LogP contribution in [0.4, 0.5) is 23.7 Å². The molecule has 0 spiro atoms. The van der Waals surface area contributed by atoms with E-state index in [1.54, 1.807) is 0 Å². The Hall–Kier alpha value is -2.51. The molecule has 2 amide bonds. The van der Waals surface area contributed by atoms with Gasteiger partial charge in [0.2, 0.25) is 0 Å². The first kappa shape index (κ1) is 15.0. The number of benzene rings is 1. The fourth-order valence-electron chi connectivity index (χ4n) is 3.41. The molecule has 2 aromatic rings. The minimum Gasteiger partial charge on any atom is -0.367 e. The van der Waals surface area contributed by atoms with E-state index in [-0.39, 0.29) is 12.1 Å². The molecule has 1 aromatic carbocycles. The fraction of sp³-hybridized carbons (Fsp3) is 0.375. The van der Waals surface area contributed by atoms with Gasteiger partial charge in [-0.05, 0) is 18.2 Å². The van der Waals surface area contributed by atoms with Crippen LogP contribution >= 0.6 is 0 Å².